The molecule has 11 heteroatoms. The van der Waals surface area contributed by atoms with E-state index >= 15 is 0 Å². The van der Waals surface area contributed by atoms with Gasteiger partial charge in [0.05, 0.1) is 0 Å². The van der Waals surface area contributed by atoms with Crippen LogP contribution in [0.25, 0.3) is 0 Å². The van der Waals surface area contributed by atoms with Crippen LogP contribution in [0.2, 0.25) is 0 Å². The molecule has 1 heterocycles. The first-order valence-electron chi connectivity index (χ1n) is 8.65. The van der Waals surface area contributed by atoms with Gasteiger partial charge in [-0.2, -0.15) is 0 Å². The Morgan fingerprint density at radius 1 is 0.821 bits per heavy atom. The molecule has 1 fully saturated rings. The van der Waals surface area contributed by atoms with Crippen LogP contribution >= 0.6 is 0 Å². The molecule has 0 spiro atoms. The molecule has 158 valence electrons. The Labute approximate surface area is 161 Å². The highest BCUT2D eigenvalue weighted by Crippen LogP contribution is 2.28. The van der Waals surface area contributed by atoms with Crippen LogP contribution in [0.4, 0.5) is 0 Å². The fraction of sp³-hybridized carbons (Fsp3) is 0.706. The third-order valence-electron chi connectivity index (χ3n) is 3.63. The quantitative estimate of drug-likeness (QED) is 0.440. The van der Waals surface area contributed by atoms with Gasteiger partial charge in [-0.15, -0.1) is 0 Å². The van der Waals surface area contributed by atoms with Gasteiger partial charge in [-0.05, 0) is 0 Å². The molecule has 0 aliphatic carbocycles. The van der Waals surface area contributed by atoms with Crippen molar-refractivity contribution < 1.29 is 47.7 Å². The van der Waals surface area contributed by atoms with E-state index in [-0.39, 0.29) is 13.0 Å². The van der Waals surface area contributed by atoms with Gasteiger partial charge in [-0.3, -0.25) is 24.0 Å². The highest BCUT2D eigenvalue weighted by atomic mass is 16.7. The van der Waals surface area contributed by atoms with Crippen molar-refractivity contribution in [1.82, 2.24) is 5.32 Å². The maximum Gasteiger partial charge on any atom is 0.305 e. The third-order valence-corrected chi connectivity index (χ3v) is 3.63. The van der Waals surface area contributed by atoms with Crippen LogP contribution in [0.15, 0.2) is 0 Å². The van der Waals surface area contributed by atoms with E-state index in [1.165, 1.54) is 6.92 Å². The Morgan fingerprint density at radius 2 is 1.36 bits per heavy atom. The molecule has 1 aliphatic rings. The number of hydrogen-bond acceptors (Lipinski definition) is 10. The van der Waals surface area contributed by atoms with E-state index in [4.69, 9.17) is 23.7 Å². The van der Waals surface area contributed by atoms with E-state index in [1.807, 2.05) is 0 Å². The molecular weight excluding hydrogens is 378 g/mol. The first kappa shape index (κ1) is 23.3. The van der Waals surface area contributed by atoms with Crippen LogP contribution in [0.1, 0.15) is 41.0 Å². The van der Waals surface area contributed by atoms with Crippen molar-refractivity contribution in [1.29, 1.82) is 0 Å². The zero-order chi connectivity index (χ0) is 21.4. The van der Waals surface area contributed by atoms with Gasteiger partial charge < -0.3 is 29.0 Å². The summed E-state index contributed by atoms with van der Waals surface area (Å²) in [7, 11) is 0. The maximum atomic E-state index is 11.9. The van der Waals surface area contributed by atoms with Crippen molar-refractivity contribution in [3.05, 3.63) is 0 Å². The summed E-state index contributed by atoms with van der Waals surface area (Å²) in [5, 5.41) is 2.55. The minimum Gasteiger partial charge on any atom is -0.463 e. The summed E-state index contributed by atoms with van der Waals surface area (Å²) in [6.45, 7) is 5.78. The number of esters is 4. The summed E-state index contributed by atoms with van der Waals surface area (Å²) in [5.41, 5.74) is 0. The van der Waals surface area contributed by atoms with E-state index in [1.54, 1.807) is 6.92 Å². The van der Waals surface area contributed by atoms with Gasteiger partial charge in [-0.1, -0.05) is 6.92 Å². The van der Waals surface area contributed by atoms with Crippen molar-refractivity contribution in [2.24, 2.45) is 0 Å². The van der Waals surface area contributed by atoms with Crippen molar-refractivity contribution in [2.75, 3.05) is 6.61 Å². The smallest absolute Gasteiger partial charge is 0.305 e. The lowest BCUT2D eigenvalue weighted by atomic mass is 9.96. The fourth-order valence-corrected chi connectivity index (χ4v) is 2.61. The molecule has 5 atom stereocenters. The average molecular weight is 403 g/mol. The van der Waals surface area contributed by atoms with Crippen LogP contribution in [0.3, 0.4) is 0 Å². The van der Waals surface area contributed by atoms with Gasteiger partial charge >= 0.3 is 23.9 Å². The van der Waals surface area contributed by atoms with Gasteiger partial charge in [0, 0.05) is 34.1 Å². The Hall–Kier alpha value is -2.69. The van der Waals surface area contributed by atoms with Crippen molar-refractivity contribution >= 4 is 29.8 Å². The molecular formula is C17H25NO10. The molecule has 0 aromatic heterocycles. The van der Waals surface area contributed by atoms with Gasteiger partial charge in [0.25, 0.3) is 0 Å². The number of amides is 1. The zero-order valence-corrected chi connectivity index (χ0v) is 16.4. The Kier molecular flexibility index (Phi) is 8.83. The first-order chi connectivity index (χ1) is 13.0. The standard InChI is InChI=1S/C17H25NO10/c1-6-13(23)18-14-16(26-10(4)21)15(25-9(3)20)12(7-24-8(2)19)28-17(14)27-11(5)22/h12,14-17H,6-7H2,1-5H3,(H,18,23)/t12-,14+,15+,16+,17+/m0/s1. The second-order valence-corrected chi connectivity index (χ2v) is 6.05. The van der Waals surface area contributed by atoms with Crippen LogP contribution in [0.5, 0.6) is 0 Å². The highest BCUT2D eigenvalue weighted by molar-refractivity contribution is 5.76. The number of carbonyl (C=O) groups excluding carboxylic acids is 5. The number of nitrogens with one attached hydrogen (secondary N) is 1. The van der Waals surface area contributed by atoms with Crippen molar-refractivity contribution in [3.63, 3.8) is 0 Å². The largest absolute Gasteiger partial charge is 0.463 e. The van der Waals surface area contributed by atoms with E-state index in [0.717, 1.165) is 20.8 Å². The van der Waals surface area contributed by atoms with Crippen LogP contribution in [-0.4, -0.2) is 67.0 Å². The summed E-state index contributed by atoms with van der Waals surface area (Å²) in [6, 6.07) is -1.15. The normalized spacial score (nSPS) is 26.5. The molecule has 1 aliphatic heterocycles. The third kappa shape index (κ3) is 7.14. The Morgan fingerprint density at radius 3 is 1.82 bits per heavy atom. The summed E-state index contributed by atoms with van der Waals surface area (Å²) in [6.07, 6.45) is -4.88. The topological polar surface area (TPSA) is 144 Å². The summed E-state index contributed by atoms with van der Waals surface area (Å²) >= 11 is 0. The number of ether oxygens (including phenoxy) is 5. The molecule has 0 aromatic carbocycles. The van der Waals surface area contributed by atoms with E-state index < -0.39 is 60.4 Å². The lowest BCUT2D eigenvalue weighted by Crippen LogP contribution is -2.66. The van der Waals surface area contributed by atoms with Crippen LogP contribution in [0, 0.1) is 0 Å². The van der Waals surface area contributed by atoms with Crippen LogP contribution < -0.4 is 5.32 Å². The van der Waals surface area contributed by atoms with Crippen LogP contribution in [-0.2, 0) is 47.7 Å². The average Bonchev–Trinajstić information content (AvgIpc) is 2.56. The van der Waals surface area contributed by atoms with Gasteiger partial charge in [0.1, 0.15) is 18.8 Å². The van der Waals surface area contributed by atoms with Gasteiger partial charge in [0.2, 0.25) is 12.2 Å². The second kappa shape index (κ2) is 10.6. The molecule has 0 aromatic rings. The molecule has 1 saturated heterocycles. The number of rotatable bonds is 7. The molecule has 11 nitrogen and oxygen atoms in total. The highest BCUT2D eigenvalue weighted by Gasteiger charge is 2.52. The zero-order valence-electron chi connectivity index (χ0n) is 16.4. The molecule has 0 unspecified atom stereocenters. The van der Waals surface area contributed by atoms with Gasteiger partial charge in [0.15, 0.2) is 12.2 Å². The minimum atomic E-state index is -1.37. The summed E-state index contributed by atoms with van der Waals surface area (Å²) in [5.74, 6) is -3.24. The molecule has 0 radical (unpaired) electrons. The first-order valence-corrected chi connectivity index (χ1v) is 8.65. The predicted molar refractivity (Wildman–Crippen MR) is 90.4 cm³/mol. The second-order valence-electron chi connectivity index (χ2n) is 6.05. The molecule has 1 N–H and O–H groups in total. The molecule has 0 saturated carbocycles. The Bertz CT molecular complexity index is 619. The number of carbonyl (C=O) groups is 5. The van der Waals surface area contributed by atoms with Gasteiger partial charge in [-0.25, -0.2) is 0 Å². The fourth-order valence-electron chi connectivity index (χ4n) is 2.61. The van der Waals surface area contributed by atoms with E-state index in [2.05, 4.69) is 5.32 Å². The lowest BCUT2D eigenvalue weighted by Gasteiger charge is -2.44. The predicted octanol–water partition coefficient (Wildman–Crippen LogP) is -0.404. The SMILES string of the molecule is CCC(=O)N[C@H]1[C@H](OC(C)=O)O[C@@H](COC(C)=O)[C@@H](OC(C)=O)[C@@H]1OC(C)=O. The number of hydrogen-bond donors (Lipinski definition) is 1. The molecule has 28 heavy (non-hydrogen) atoms. The Balaban J connectivity index is 3.31. The van der Waals surface area contributed by atoms with Crippen molar-refractivity contribution in [2.45, 2.75) is 71.7 Å². The lowest BCUT2D eigenvalue weighted by molar-refractivity contribution is -0.271. The molecule has 1 rings (SSSR count). The molecule has 0 bridgehead atoms. The maximum absolute atomic E-state index is 11.9. The molecule has 1 amide bonds. The van der Waals surface area contributed by atoms with E-state index in [9.17, 15) is 24.0 Å². The van der Waals surface area contributed by atoms with E-state index in [0.29, 0.717) is 0 Å². The summed E-state index contributed by atoms with van der Waals surface area (Å²) < 4.78 is 26.1. The van der Waals surface area contributed by atoms with Crippen molar-refractivity contribution in [3.8, 4) is 0 Å². The summed E-state index contributed by atoms with van der Waals surface area (Å²) in [4.78, 5) is 57.8. The minimum absolute atomic E-state index is 0.0885. The monoisotopic (exact) mass is 403 g/mol.